The van der Waals surface area contributed by atoms with Gasteiger partial charge in [0.25, 0.3) is 0 Å². The first-order valence-electron chi connectivity index (χ1n) is 8.00. The molecule has 4 aromatic rings. The van der Waals surface area contributed by atoms with E-state index in [2.05, 4.69) is 59.5 Å². The van der Waals surface area contributed by atoms with E-state index in [0.29, 0.717) is 11.9 Å². The van der Waals surface area contributed by atoms with Crippen LogP contribution in [0.4, 0.5) is 5.82 Å². The molecule has 0 aliphatic heterocycles. The third-order valence-electron chi connectivity index (χ3n) is 4.26. The number of benzene rings is 2. The fraction of sp³-hybridized carbons (Fsp3) is 0.158. The van der Waals surface area contributed by atoms with E-state index in [9.17, 15) is 0 Å². The molecule has 0 saturated heterocycles. The van der Waals surface area contributed by atoms with Gasteiger partial charge in [-0.2, -0.15) is 10.2 Å². The Kier molecular flexibility index (Phi) is 3.34. The second-order valence-corrected chi connectivity index (χ2v) is 6.23. The SMILES string of the molecule is CC(C)n1ncc2cc(-c3cccc(-c4cn[nH]c4N)c3)ccc21. The van der Waals surface area contributed by atoms with Crippen LogP contribution in [0.3, 0.4) is 0 Å². The van der Waals surface area contributed by atoms with Gasteiger partial charge in [0, 0.05) is 17.0 Å². The summed E-state index contributed by atoms with van der Waals surface area (Å²) < 4.78 is 2.04. The molecular formula is C19H19N5. The van der Waals surface area contributed by atoms with Crippen molar-refractivity contribution < 1.29 is 0 Å². The van der Waals surface area contributed by atoms with Crippen molar-refractivity contribution in [2.75, 3.05) is 5.73 Å². The minimum absolute atomic E-state index is 0.348. The van der Waals surface area contributed by atoms with Gasteiger partial charge in [-0.1, -0.05) is 24.3 Å². The molecule has 120 valence electrons. The molecule has 5 nitrogen and oxygen atoms in total. The maximum Gasteiger partial charge on any atom is 0.126 e. The highest BCUT2D eigenvalue weighted by atomic mass is 15.3. The first kappa shape index (κ1) is 14.5. The van der Waals surface area contributed by atoms with Gasteiger partial charge in [0.05, 0.1) is 17.9 Å². The van der Waals surface area contributed by atoms with Crippen molar-refractivity contribution in [2.45, 2.75) is 19.9 Å². The minimum atomic E-state index is 0.348. The number of aromatic amines is 1. The highest BCUT2D eigenvalue weighted by Gasteiger charge is 2.09. The summed E-state index contributed by atoms with van der Waals surface area (Å²) in [4.78, 5) is 0. The third-order valence-corrected chi connectivity index (χ3v) is 4.26. The first-order valence-corrected chi connectivity index (χ1v) is 8.00. The quantitative estimate of drug-likeness (QED) is 0.593. The van der Waals surface area contributed by atoms with E-state index in [-0.39, 0.29) is 0 Å². The Morgan fingerprint density at radius 2 is 1.79 bits per heavy atom. The summed E-state index contributed by atoms with van der Waals surface area (Å²) in [6.07, 6.45) is 3.68. The van der Waals surface area contributed by atoms with Crippen LogP contribution in [0.2, 0.25) is 0 Å². The van der Waals surface area contributed by atoms with Crippen LogP contribution in [0.15, 0.2) is 54.9 Å². The molecule has 2 aromatic heterocycles. The molecule has 2 heterocycles. The Labute approximate surface area is 140 Å². The van der Waals surface area contributed by atoms with Crippen LogP contribution in [0.5, 0.6) is 0 Å². The van der Waals surface area contributed by atoms with Crippen molar-refractivity contribution in [3.63, 3.8) is 0 Å². The number of fused-ring (bicyclic) bond motifs is 1. The molecule has 24 heavy (non-hydrogen) atoms. The van der Waals surface area contributed by atoms with Gasteiger partial charge in [0.1, 0.15) is 5.82 Å². The van der Waals surface area contributed by atoms with Crippen molar-refractivity contribution in [3.8, 4) is 22.3 Å². The van der Waals surface area contributed by atoms with Crippen LogP contribution < -0.4 is 5.73 Å². The number of hydrogen-bond acceptors (Lipinski definition) is 3. The summed E-state index contributed by atoms with van der Waals surface area (Å²) in [5.74, 6) is 0.584. The van der Waals surface area contributed by atoms with Crippen LogP contribution in [0.1, 0.15) is 19.9 Å². The highest BCUT2D eigenvalue weighted by Crippen LogP contribution is 2.30. The molecule has 0 amide bonds. The standard InChI is InChI=1S/C19H19N5/c1-12(2)24-18-7-6-14(9-16(18)10-22-24)13-4-3-5-15(8-13)17-11-21-23-19(17)20/h3-12H,1-2H3,(H3,20,21,23). The van der Waals surface area contributed by atoms with Gasteiger partial charge in [-0.3, -0.25) is 9.78 Å². The largest absolute Gasteiger partial charge is 0.384 e. The molecule has 0 aliphatic rings. The number of hydrogen-bond donors (Lipinski definition) is 2. The second kappa shape index (κ2) is 5.53. The number of rotatable bonds is 3. The molecule has 0 atom stereocenters. The number of nitrogen functional groups attached to an aromatic ring is 1. The summed E-state index contributed by atoms with van der Waals surface area (Å²) in [6, 6.07) is 15.1. The van der Waals surface area contributed by atoms with E-state index in [4.69, 9.17) is 5.73 Å². The Morgan fingerprint density at radius 3 is 2.54 bits per heavy atom. The van der Waals surface area contributed by atoms with E-state index in [1.165, 1.54) is 0 Å². The normalized spacial score (nSPS) is 11.5. The molecule has 0 bridgehead atoms. The van der Waals surface area contributed by atoms with Gasteiger partial charge in [-0.15, -0.1) is 0 Å². The van der Waals surface area contributed by atoms with Gasteiger partial charge in [-0.25, -0.2) is 0 Å². The fourth-order valence-electron chi connectivity index (χ4n) is 3.04. The lowest BCUT2D eigenvalue weighted by molar-refractivity contribution is 0.551. The molecule has 0 spiro atoms. The number of aromatic nitrogens is 4. The maximum atomic E-state index is 5.94. The molecular weight excluding hydrogens is 298 g/mol. The molecule has 5 heteroatoms. The zero-order valence-corrected chi connectivity index (χ0v) is 13.7. The predicted molar refractivity (Wildman–Crippen MR) is 97.5 cm³/mol. The van der Waals surface area contributed by atoms with Gasteiger partial charge in [-0.05, 0) is 48.7 Å². The number of anilines is 1. The molecule has 0 radical (unpaired) electrons. The zero-order chi connectivity index (χ0) is 16.7. The average molecular weight is 317 g/mol. The van der Waals surface area contributed by atoms with E-state index in [1.54, 1.807) is 6.20 Å². The van der Waals surface area contributed by atoms with Crippen LogP contribution >= 0.6 is 0 Å². The summed E-state index contributed by atoms with van der Waals surface area (Å²) in [6.45, 7) is 4.28. The topological polar surface area (TPSA) is 72.5 Å². The molecule has 3 N–H and O–H groups in total. The maximum absolute atomic E-state index is 5.94. The number of nitrogens with one attached hydrogen (secondary N) is 1. The van der Waals surface area contributed by atoms with E-state index < -0.39 is 0 Å². The highest BCUT2D eigenvalue weighted by molar-refractivity contribution is 5.86. The van der Waals surface area contributed by atoms with Crippen LogP contribution in [-0.4, -0.2) is 20.0 Å². The molecule has 0 unspecified atom stereocenters. The number of nitrogens with two attached hydrogens (primary N) is 1. The van der Waals surface area contributed by atoms with Gasteiger partial charge in [0.15, 0.2) is 0 Å². The van der Waals surface area contributed by atoms with Crippen molar-refractivity contribution in [1.29, 1.82) is 0 Å². The molecule has 0 saturated carbocycles. The fourth-order valence-corrected chi connectivity index (χ4v) is 3.04. The molecule has 4 rings (SSSR count). The van der Waals surface area contributed by atoms with Crippen LogP contribution in [0.25, 0.3) is 33.2 Å². The van der Waals surface area contributed by atoms with E-state index >= 15 is 0 Å². The van der Waals surface area contributed by atoms with Crippen LogP contribution in [-0.2, 0) is 0 Å². The third kappa shape index (κ3) is 2.34. The van der Waals surface area contributed by atoms with Crippen molar-refractivity contribution >= 4 is 16.7 Å². The van der Waals surface area contributed by atoms with Crippen LogP contribution in [0, 0.1) is 0 Å². The van der Waals surface area contributed by atoms with Crippen molar-refractivity contribution in [1.82, 2.24) is 20.0 Å². The zero-order valence-electron chi connectivity index (χ0n) is 13.7. The second-order valence-electron chi connectivity index (χ2n) is 6.23. The Balaban J connectivity index is 1.79. The van der Waals surface area contributed by atoms with Gasteiger partial charge < -0.3 is 5.73 Å². The lowest BCUT2D eigenvalue weighted by Crippen LogP contribution is -2.01. The van der Waals surface area contributed by atoms with Gasteiger partial charge in [0.2, 0.25) is 0 Å². The van der Waals surface area contributed by atoms with E-state index in [0.717, 1.165) is 33.2 Å². The van der Waals surface area contributed by atoms with Gasteiger partial charge >= 0.3 is 0 Å². The monoisotopic (exact) mass is 317 g/mol. The smallest absolute Gasteiger partial charge is 0.126 e. The molecule has 0 aliphatic carbocycles. The lowest BCUT2D eigenvalue weighted by Gasteiger charge is -2.08. The Hall–Kier alpha value is -3.08. The number of nitrogens with zero attached hydrogens (tertiary/aromatic N) is 3. The lowest BCUT2D eigenvalue weighted by atomic mass is 9.99. The number of H-pyrrole nitrogens is 1. The summed E-state index contributed by atoms with van der Waals surface area (Å²) in [7, 11) is 0. The first-order chi connectivity index (χ1) is 11.6. The summed E-state index contributed by atoms with van der Waals surface area (Å²) in [5, 5.41) is 12.4. The van der Waals surface area contributed by atoms with E-state index in [1.807, 2.05) is 23.0 Å². The molecule has 0 fully saturated rings. The average Bonchev–Trinajstić information content (AvgIpc) is 3.20. The summed E-state index contributed by atoms with van der Waals surface area (Å²) >= 11 is 0. The van der Waals surface area contributed by atoms with Crippen molar-refractivity contribution in [2.24, 2.45) is 0 Å². The molecule has 2 aromatic carbocycles. The summed E-state index contributed by atoms with van der Waals surface area (Å²) in [5.41, 5.74) is 11.4. The minimum Gasteiger partial charge on any atom is -0.384 e. The Bertz CT molecular complexity index is 1010. The predicted octanol–water partition coefficient (Wildman–Crippen LogP) is 4.26. The van der Waals surface area contributed by atoms with Crippen molar-refractivity contribution in [3.05, 3.63) is 54.9 Å². The Morgan fingerprint density at radius 1 is 1.00 bits per heavy atom.